The quantitative estimate of drug-likeness (QED) is 0.658. The molecule has 1 atom stereocenters. The zero-order valence-electron chi connectivity index (χ0n) is 8.49. The second-order valence-corrected chi connectivity index (χ2v) is 3.40. The van der Waals surface area contributed by atoms with E-state index in [0.717, 1.165) is 5.69 Å². The number of hydrogen-bond acceptors (Lipinski definition) is 4. The summed E-state index contributed by atoms with van der Waals surface area (Å²) in [6.45, 7) is 4.54. The molecule has 0 unspecified atom stereocenters. The maximum absolute atomic E-state index is 9.44. The summed E-state index contributed by atoms with van der Waals surface area (Å²) in [6.07, 6.45) is -0.387. The normalized spacial score (nSPS) is 12.8. The van der Waals surface area contributed by atoms with Crippen molar-refractivity contribution in [3.05, 3.63) is 23.5 Å². The molecule has 4 nitrogen and oxygen atoms in total. The zero-order chi connectivity index (χ0) is 10.6. The van der Waals surface area contributed by atoms with Crippen molar-refractivity contribution >= 4 is 0 Å². The van der Waals surface area contributed by atoms with Gasteiger partial charge in [0.25, 0.3) is 0 Å². The molecule has 1 heterocycles. The Hall–Kier alpha value is -1.13. The number of pyridine rings is 1. The molecule has 0 amide bonds. The van der Waals surface area contributed by atoms with Gasteiger partial charge in [-0.15, -0.1) is 0 Å². The molecule has 0 aliphatic heterocycles. The van der Waals surface area contributed by atoms with E-state index in [-0.39, 0.29) is 11.9 Å². The van der Waals surface area contributed by atoms with Gasteiger partial charge in [-0.25, -0.2) is 0 Å². The minimum absolute atomic E-state index is 0.189. The Balaban J connectivity index is 2.53. The van der Waals surface area contributed by atoms with Gasteiger partial charge >= 0.3 is 0 Å². The van der Waals surface area contributed by atoms with Gasteiger partial charge in [0.15, 0.2) is 0 Å². The van der Waals surface area contributed by atoms with Crippen molar-refractivity contribution in [1.29, 1.82) is 0 Å². The fraction of sp³-hybridized carbons (Fsp3) is 0.500. The zero-order valence-corrected chi connectivity index (χ0v) is 8.49. The van der Waals surface area contributed by atoms with E-state index in [1.165, 1.54) is 0 Å². The van der Waals surface area contributed by atoms with Gasteiger partial charge in [-0.2, -0.15) is 0 Å². The van der Waals surface area contributed by atoms with Crippen LogP contribution in [0.15, 0.2) is 12.1 Å². The lowest BCUT2D eigenvalue weighted by molar-refractivity contribution is 0.190. The van der Waals surface area contributed by atoms with Crippen molar-refractivity contribution in [3.63, 3.8) is 0 Å². The molecule has 3 N–H and O–H groups in total. The third kappa shape index (κ3) is 3.32. The Labute approximate surface area is 83.6 Å². The minimum atomic E-state index is -0.387. The highest BCUT2D eigenvalue weighted by Gasteiger charge is 2.03. The predicted molar refractivity (Wildman–Crippen MR) is 54.0 cm³/mol. The van der Waals surface area contributed by atoms with Crippen LogP contribution in [0.2, 0.25) is 0 Å². The highest BCUT2D eigenvalue weighted by molar-refractivity contribution is 5.27. The van der Waals surface area contributed by atoms with Crippen LogP contribution < -0.4 is 5.32 Å². The molecule has 14 heavy (non-hydrogen) atoms. The van der Waals surface area contributed by atoms with Gasteiger partial charge in [0.05, 0.1) is 11.8 Å². The number of aromatic hydroxyl groups is 1. The summed E-state index contributed by atoms with van der Waals surface area (Å²) in [6, 6.07) is 3.38. The lowest BCUT2D eigenvalue weighted by Gasteiger charge is -2.08. The molecule has 0 saturated heterocycles. The summed E-state index contributed by atoms with van der Waals surface area (Å²) < 4.78 is 0. The second kappa shape index (κ2) is 4.93. The van der Waals surface area contributed by atoms with Gasteiger partial charge in [-0.05, 0) is 26.0 Å². The molecule has 1 aromatic heterocycles. The molecule has 0 aromatic carbocycles. The highest BCUT2D eigenvalue weighted by atomic mass is 16.3. The summed E-state index contributed by atoms with van der Waals surface area (Å²) in [5, 5.41) is 21.4. The number of nitrogens with one attached hydrogen (secondary N) is 1. The van der Waals surface area contributed by atoms with Gasteiger partial charge in [0.2, 0.25) is 0 Å². The van der Waals surface area contributed by atoms with E-state index in [1.807, 2.05) is 6.92 Å². The molecule has 1 rings (SSSR count). The monoisotopic (exact) mass is 196 g/mol. The number of aryl methyl sites for hydroxylation is 1. The Morgan fingerprint density at radius 1 is 1.50 bits per heavy atom. The van der Waals surface area contributed by atoms with Crippen LogP contribution in [-0.2, 0) is 6.54 Å². The summed E-state index contributed by atoms with van der Waals surface area (Å²) in [4.78, 5) is 4.18. The Morgan fingerprint density at radius 3 is 2.86 bits per heavy atom. The van der Waals surface area contributed by atoms with Gasteiger partial charge in [-0.3, -0.25) is 4.98 Å². The number of hydrogen-bond donors (Lipinski definition) is 3. The third-order valence-corrected chi connectivity index (χ3v) is 1.82. The van der Waals surface area contributed by atoms with E-state index < -0.39 is 0 Å². The van der Waals surface area contributed by atoms with Crippen molar-refractivity contribution in [2.45, 2.75) is 26.5 Å². The van der Waals surface area contributed by atoms with Crippen LogP contribution in [0.1, 0.15) is 18.3 Å². The fourth-order valence-corrected chi connectivity index (χ4v) is 1.13. The summed E-state index contributed by atoms with van der Waals surface area (Å²) in [5.41, 5.74) is 1.49. The molecule has 0 radical (unpaired) electrons. The van der Waals surface area contributed by atoms with Gasteiger partial charge in [-0.1, -0.05) is 0 Å². The van der Waals surface area contributed by atoms with Crippen LogP contribution >= 0.6 is 0 Å². The minimum Gasteiger partial charge on any atom is -0.506 e. The first kappa shape index (κ1) is 10.9. The molecule has 1 aromatic rings. The fourth-order valence-electron chi connectivity index (χ4n) is 1.13. The number of rotatable bonds is 4. The predicted octanol–water partition coefficient (Wildman–Crippen LogP) is 0.566. The molecule has 78 valence electrons. The maximum atomic E-state index is 9.44. The molecule has 0 bridgehead atoms. The number of aliphatic hydroxyl groups is 1. The molecular formula is C10H16N2O2. The third-order valence-electron chi connectivity index (χ3n) is 1.82. The van der Waals surface area contributed by atoms with E-state index >= 15 is 0 Å². The van der Waals surface area contributed by atoms with Crippen LogP contribution in [0.3, 0.4) is 0 Å². The van der Waals surface area contributed by atoms with Gasteiger partial charge < -0.3 is 15.5 Å². The lowest BCUT2D eigenvalue weighted by Crippen LogP contribution is -2.24. The van der Waals surface area contributed by atoms with Gasteiger partial charge in [0, 0.05) is 18.8 Å². The van der Waals surface area contributed by atoms with Crippen LogP contribution in [0, 0.1) is 6.92 Å². The van der Waals surface area contributed by atoms with E-state index in [0.29, 0.717) is 18.8 Å². The maximum Gasteiger partial charge on any atom is 0.138 e. The number of aromatic nitrogens is 1. The van der Waals surface area contributed by atoms with Crippen molar-refractivity contribution in [1.82, 2.24) is 10.3 Å². The SMILES string of the molecule is Cc1ccc(O)c(CNC[C@H](C)O)n1. The summed E-state index contributed by atoms with van der Waals surface area (Å²) >= 11 is 0. The molecule has 4 heteroatoms. The van der Waals surface area contributed by atoms with Crippen LogP contribution in [0.25, 0.3) is 0 Å². The van der Waals surface area contributed by atoms with E-state index in [2.05, 4.69) is 10.3 Å². The smallest absolute Gasteiger partial charge is 0.138 e. The summed E-state index contributed by atoms with van der Waals surface area (Å²) in [7, 11) is 0. The number of nitrogens with zero attached hydrogens (tertiary/aromatic N) is 1. The Bertz CT molecular complexity index is 300. The van der Waals surface area contributed by atoms with Gasteiger partial charge in [0.1, 0.15) is 5.75 Å². The molecule has 0 fully saturated rings. The van der Waals surface area contributed by atoms with E-state index in [9.17, 15) is 5.11 Å². The van der Waals surface area contributed by atoms with Crippen LogP contribution in [0.5, 0.6) is 5.75 Å². The van der Waals surface area contributed by atoms with Crippen molar-refractivity contribution in [3.8, 4) is 5.75 Å². The van der Waals surface area contributed by atoms with Crippen molar-refractivity contribution in [2.24, 2.45) is 0 Å². The largest absolute Gasteiger partial charge is 0.506 e. The van der Waals surface area contributed by atoms with E-state index in [4.69, 9.17) is 5.11 Å². The van der Waals surface area contributed by atoms with Crippen molar-refractivity contribution in [2.75, 3.05) is 6.54 Å². The average Bonchev–Trinajstić information content (AvgIpc) is 2.10. The summed E-state index contributed by atoms with van der Waals surface area (Å²) in [5.74, 6) is 0.189. The van der Waals surface area contributed by atoms with Crippen molar-refractivity contribution < 1.29 is 10.2 Å². The Kier molecular flexibility index (Phi) is 3.85. The van der Waals surface area contributed by atoms with Crippen LogP contribution in [0.4, 0.5) is 0 Å². The first-order chi connectivity index (χ1) is 6.59. The first-order valence-corrected chi connectivity index (χ1v) is 4.64. The lowest BCUT2D eigenvalue weighted by atomic mass is 10.3. The van der Waals surface area contributed by atoms with Crippen LogP contribution in [-0.4, -0.2) is 27.8 Å². The first-order valence-electron chi connectivity index (χ1n) is 4.64. The molecule has 0 aliphatic carbocycles. The molecular weight excluding hydrogens is 180 g/mol. The standard InChI is InChI=1S/C10H16N2O2/c1-7-3-4-10(14)9(12-7)6-11-5-8(2)13/h3-4,8,11,13-14H,5-6H2,1-2H3/t8-/m0/s1. The van der Waals surface area contributed by atoms with E-state index in [1.54, 1.807) is 19.1 Å². The second-order valence-electron chi connectivity index (χ2n) is 3.40. The molecule has 0 spiro atoms. The molecule has 0 aliphatic rings. The topological polar surface area (TPSA) is 65.4 Å². The highest BCUT2D eigenvalue weighted by Crippen LogP contribution is 2.13. The number of aliphatic hydroxyl groups excluding tert-OH is 1. The average molecular weight is 196 g/mol. The molecule has 0 saturated carbocycles. The Morgan fingerprint density at radius 2 is 2.21 bits per heavy atom.